The van der Waals surface area contributed by atoms with Crippen LogP contribution in [0, 0.1) is 0 Å². The number of furan rings is 1. The third-order valence-corrected chi connectivity index (χ3v) is 4.69. The fraction of sp³-hybridized carbons (Fsp3) is 0.389. The number of ether oxygens (including phenoxy) is 1. The number of hydrogen-bond acceptors (Lipinski definition) is 4. The lowest BCUT2D eigenvalue weighted by molar-refractivity contribution is 0.0887. The summed E-state index contributed by atoms with van der Waals surface area (Å²) >= 11 is 3.38. The largest absolute Gasteiger partial charge is 0.486 e. The van der Waals surface area contributed by atoms with Crippen molar-refractivity contribution in [3.63, 3.8) is 0 Å². The van der Waals surface area contributed by atoms with E-state index in [9.17, 15) is 4.79 Å². The van der Waals surface area contributed by atoms with Gasteiger partial charge in [-0.15, -0.1) is 12.4 Å². The minimum absolute atomic E-state index is 0. The Morgan fingerprint density at radius 2 is 2.08 bits per heavy atom. The molecule has 136 valence electrons. The highest BCUT2D eigenvalue weighted by Crippen LogP contribution is 2.18. The lowest BCUT2D eigenvalue weighted by Gasteiger charge is -2.30. The highest BCUT2D eigenvalue weighted by Gasteiger charge is 2.24. The van der Waals surface area contributed by atoms with Crippen molar-refractivity contribution in [2.24, 2.45) is 0 Å². The van der Waals surface area contributed by atoms with E-state index < -0.39 is 0 Å². The molecule has 25 heavy (non-hydrogen) atoms. The van der Waals surface area contributed by atoms with E-state index in [-0.39, 0.29) is 37.0 Å². The van der Waals surface area contributed by atoms with Crippen molar-refractivity contribution < 1.29 is 13.9 Å². The molecule has 1 fully saturated rings. The normalized spacial score (nSPS) is 19.8. The SMILES string of the molecule is CC1NCCCC1NC(=O)c1ccc(COc2ccc(Br)cc2)o1.Cl. The second-order valence-electron chi connectivity index (χ2n) is 5.97. The molecule has 2 unspecified atom stereocenters. The highest BCUT2D eigenvalue weighted by atomic mass is 79.9. The van der Waals surface area contributed by atoms with E-state index in [1.54, 1.807) is 12.1 Å². The lowest BCUT2D eigenvalue weighted by atomic mass is 10.00. The van der Waals surface area contributed by atoms with E-state index in [0.29, 0.717) is 11.5 Å². The number of halogens is 2. The van der Waals surface area contributed by atoms with Crippen molar-refractivity contribution in [3.05, 3.63) is 52.4 Å². The molecule has 1 saturated heterocycles. The lowest BCUT2D eigenvalue weighted by Crippen LogP contribution is -2.51. The van der Waals surface area contributed by atoms with Gasteiger partial charge < -0.3 is 19.8 Å². The summed E-state index contributed by atoms with van der Waals surface area (Å²) in [7, 11) is 0. The van der Waals surface area contributed by atoms with Crippen LogP contribution in [-0.4, -0.2) is 24.5 Å². The first-order valence-corrected chi connectivity index (χ1v) is 8.92. The summed E-state index contributed by atoms with van der Waals surface area (Å²) < 4.78 is 12.3. The predicted molar refractivity (Wildman–Crippen MR) is 102 cm³/mol. The van der Waals surface area contributed by atoms with Gasteiger partial charge in [-0.3, -0.25) is 4.79 Å². The van der Waals surface area contributed by atoms with Crippen molar-refractivity contribution in [1.82, 2.24) is 10.6 Å². The Morgan fingerprint density at radius 3 is 2.80 bits per heavy atom. The van der Waals surface area contributed by atoms with E-state index in [0.717, 1.165) is 29.6 Å². The van der Waals surface area contributed by atoms with Crippen LogP contribution in [0.1, 0.15) is 36.1 Å². The van der Waals surface area contributed by atoms with Crippen molar-refractivity contribution in [3.8, 4) is 5.75 Å². The maximum atomic E-state index is 12.3. The van der Waals surface area contributed by atoms with Gasteiger partial charge >= 0.3 is 0 Å². The smallest absolute Gasteiger partial charge is 0.287 e. The summed E-state index contributed by atoms with van der Waals surface area (Å²) in [5.41, 5.74) is 0. The number of benzene rings is 1. The Hall–Kier alpha value is -1.50. The van der Waals surface area contributed by atoms with E-state index >= 15 is 0 Å². The first kappa shape index (κ1) is 19.8. The van der Waals surface area contributed by atoms with Gasteiger partial charge in [0.15, 0.2) is 5.76 Å². The first-order chi connectivity index (χ1) is 11.6. The van der Waals surface area contributed by atoms with Gasteiger partial charge in [0.25, 0.3) is 5.91 Å². The summed E-state index contributed by atoms with van der Waals surface area (Å²) in [6, 6.07) is 11.4. The van der Waals surface area contributed by atoms with E-state index in [2.05, 4.69) is 33.5 Å². The van der Waals surface area contributed by atoms with Crippen LogP contribution in [0.5, 0.6) is 5.75 Å². The zero-order chi connectivity index (χ0) is 16.9. The zero-order valence-electron chi connectivity index (χ0n) is 14.0. The van der Waals surface area contributed by atoms with Crippen molar-refractivity contribution >= 4 is 34.2 Å². The van der Waals surface area contributed by atoms with Crippen LogP contribution in [0.15, 0.2) is 45.3 Å². The molecule has 0 aliphatic carbocycles. The minimum Gasteiger partial charge on any atom is -0.486 e. The maximum absolute atomic E-state index is 12.3. The minimum atomic E-state index is -0.176. The average molecular weight is 430 g/mol. The number of rotatable bonds is 5. The monoisotopic (exact) mass is 428 g/mol. The van der Waals surface area contributed by atoms with E-state index in [4.69, 9.17) is 9.15 Å². The number of carbonyl (C=O) groups is 1. The van der Waals surface area contributed by atoms with Gasteiger partial charge in [0.05, 0.1) is 0 Å². The summed E-state index contributed by atoms with van der Waals surface area (Å²) in [5.74, 6) is 1.52. The number of nitrogens with one attached hydrogen (secondary N) is 2. The van der Waals surface area contributed by atoms with E-state index in [1.807, 2.05) is 24.3 Å². The molecule has 0 spiro atoms. The van der Waals surface area contributed by atoms with Crippen LogP contribution in [0.2, 0.25) is 0 Å². The molecule has 2 aromatic rings. The van der Waals surface area contributed by atoms with Gasteiger partial charge in [-0.05, 0) is 62.7 Å². The maximum Gasteiger partial charge on any atom is 0.287 e. The van der Waals surface area contributed by atoms with Gasteiger partial charge in [0.1, 0.15) is 18.1 Å². The molecule has 1 amide bonds. The molecule has 0 radical (unpaired) electrons. The van der Waals surface area contributed by atoms with Crippen LogP contribution in [0.3, 0.4) is 0 Å². The molecular weight excluding hydrogens is 408 g/mol. The second kappa shape index (κ2) is 9.27. The first-order valence-electron chi connectivity index (χ1n) is 8.13. The van der Waals surface area contributed by atoms with Crippen molar-refractivity contribution in [1.29, 1.82) is 0 Å². The van der Waals surface area contributed by atoms with Gasteiger partial charge in [0, 0.05) is 16.6 Å². The molecule has 7 heteroatoms. The molecule has 3 rings (SSSR count). The Morgan fingerprint density at radius 1 is 1.32 bits per heavy atom. The molecule has 1 aliphatic heterocycles. The molecule has 1 aliphatic rings. The quantitative estimate of drug-likeness (QED) is 0.756. The fourth-order valence-corrected chi connectivity index (χ4v) is 3.01. The van der Waals surface area contributed by atoms with Crippen molar-refractivity contribution in [2.75, 3.05) is 6.54 Å². The fourth-order valence-electron chi connectivity index (χ4n) is 2.74. The molecule has 0 bridgehead atoms. The summed E-state index contributed by atoms with van der Waals surface area (Å²) in [4.78, 5) is 12.3. The molecule has 1 aromatic carbocycles. The van der Waals surface area contributed by atoms with Crippen LogP contribution >= 0.6 is 28.3 Å². The van der Waals surface area contributed by atoms with Gasteiger partial charge in [-0.1, -0.05) is 15.9 Å². The third kappa shape index (κ3) is 5.49. The Kier molecular flexibility index (Phi) is 7.35. The van der Waals surface area contributed by atoms with Gasteiger partial charge in [-0.2, -0.15) is 0 Å². The van der Waals surface area contributed by atoms with Gasteiger partial charge in [-0.25, -0.2) is 0 Å². The number of hydrogen-bond donors (Lipinski definition) is 2. The Labute approximate surface area is 162 Å². The number of piperidine rings is 1. The summed E-state index contributed by atoms with van der Waals surface area (Å²) in [5, 5.41) is 6.40. The number of amides is 1. The van der Waals surface area contributed by atoms with Crippen LogP contribution in [-0.2, 0) is 6.61 Å². The Bertz CT molecular complexity index is 690. The standard InChI is InChI=1S/C18H21BrN2O3.ClH/c1-12-16(3-2-10-20-12)21-18(22)17-9-8-15(24-17)11-23-14-6-4-13(19)5-7-14;/h4-9,12,16,20H,2-3,10-11H2,1H3,(H,21,22);1H. The van der Waals surface area contributed by atoms with Crippen LogP contribution in [0.25, 0.3) is 0 Å². The molecule has 5 nitrogen and oxygen atoms in total. The summed E-state index contributed by atoms with van der Waals surface area (Å²) in [6.45, 7) is 3.38. The summed E-state index contributed by atoms with van der Waals surface area (Å²) in [6.07, 6.45) is 2.06. The van der Waals surface area contributed by atoms with Crippen molar-refractivity contribution in [2.45, 2.75) is 38.5 Å². The molecular formula is C18H22BrClN2O3. The van der Waals surface area contributed by atoms with E-state index in [1.165, 1.54) is 0 Å². The highest BCUT2D eigenvalue weighted by molar-refractivity contribution is 9.10. The molecule has 2 N–H and O–H groups in total. The molecule has 0 saturated carbocycles. The van der Waals surface area contributed by atoms with Gasteiger partial charge in [0.2, 0.25) is 0 Å². The third-order valence-electron chi connectivity index (χ3n) is 4.16. The predicted octanol–water partition coefficient (Wildman–Crippen LogP) is 3.91. The second-order valence-corrected chi connectivity index (χ2v) is 6.89. The Balaban J connectivity index is 0.00000225. The molecule has 2 heterocycles. The zero-order valence-corrected chi connectivity index (χ0v) is 16.4. The number of carbonyl (C=O) groups excluding carboxylic acids is 1. The average Bonchev–Trinajstić information content (AvgIpc) is 3.06. The van der Waals surface area contributed by atoms with Crippen LogP contribution < -0.4 is 15.4 Å². The van der Waals surface area contributed by atoms with Crippen LogP contribution in [0.4, 0.5) is 0 Å². The molecule has 1 aromatic heterocycles. The topological polar surface area (TPSA) is 63.5 Å². The molecule has 2 atom stereocenters.